The Labute approximate surface area is 219 Å². The molecule has 182 valence electrons. The smallest absolute Gasteiger partial charge is 0.254 e. The highest BCUT2D eigenvalue weighted by atomic mass is 79.9. The van der Waals surface area contributed by atoms with E-state index in [1.165, 1.54) is 21.6 Å². The molecule has 0 saturated carbocycles. The quantitative estimate of drug-likeness (QED) is 0.451. The number of piperazine rings is 1. The summed E-state index contributed by atoms with van der Waals surface area (Å²) in [5.74, 6) is 0.161. The molecule has 1 saturated heterocycles. The molecular weight excluding hydrogens is 522 g/mol. The second kappa shape index (κ2) is 10.2. The van der Waals surface area contributed by atoms with Gasteiger partial charge >= 0.3 is 0 Å². The van der Waals surface area contributed by atoms with Crippen molar-refractivity contribution in [1.82, 2.24) is 14.7 Å². The fourth-order valence-corrected chi connectivity index (χ4v) is 6.53. The minimum absolute atomic E-state index is 0.0198. The van der Waals surface area contributed by atoms with E-state index in [1.54, 1.807) is 0 Å². The molecule has 0 bridgehead atoms. The zero-order valence-electron chi connectivity index (χ0n) is 20.1. The lowest BCUT2D eigenvalue weighted by Crippen LogP contribution is -2.57. The molecule has 2 aromatic carbocycles. The fourth-order valence-electron chi connectivity index (χ4n) is 5.22. The summed E-state index contributed by atoms with van der Waals surface area (Å²) in [7, 11) is 0. The minimum atomic E-state index is -0.0306. The summed E-state index contributed by atoms with van der Waals surface area (Å²) in [6.07, 6.45) is 0.980. The summed E-state index contributed by atoms with van der Waals surface area (Å²) in [6.45, 7) is 7.07. The van der Waals surface area contributed by atoms with Crippen LogP contribution >= 0.6 is 27.3 Å². The van der Waals surface area contributed by atoms with Crippen molar-refractivity contribution in [2.45, 2.75) is 32.4 Å². The van der Waals surface area contributed by atoms with E-state index in [0.29, 0.717) is 31.7 Å². The van der Waals surface area contributed by atoms with E-state index < -0.39 is 0 Å². The number of halogens is 1. The largest absolute Gasteiger partial charge is 0.338 e. The molecule has 2 atom stereocenters. The molecule has 2 amide bonds. The van der Waals surface area contributed by atoms with Gasteiger partial charge in [0, 0.05) is 47.1 Å². The van der Waals surface area contributed by atoms with E-state index in [-0.39, 0.29) is 23.9 Å². The van der Waals surface area contributed by atoms with Crippen LogP contribution in [0.4, 0.5) is 0 Å². The molecule has 1 fully saturated rings. The fraction of sp³-hybridized carbons (Fsp3) is 0.357. The average molecular weight is 553 g/mol. The molecule has 2 aliphatic heterocycles. The highest BCUT2D eigenvalue weighted by Gasteiger charge is 2.34. The van der Waals surface area contributed by atoms with Crippen LogP contribution < -0.4 is 0 Å². The van der Waals surface area contributed by atoms with Crippen LogP contribution in [-0.4, -0.2) is 65.3 Å². The van der Waals surface area contributed by atoms with Gasteiger partial charge in [0.1, 0.15) is 0 Å². The average Bonchev–Trinajstić information content (AvgIpc) is 3.33. The maximum Gasteiger partial charge on any atom is 0.254 e. The van der Waals surface area contributed by atoms with Gasteiger partial charge in [-0.25, -0.2) is 0 Å². The number of aryl methyl sites for hydroxylation is 1. The topological polar surface area (TPSA) is 43.9 Å². The Bertz CT molecular complexity index is 1220. The third-order valence-electron chi connectivity index (χ3n) is 7.11. The Morgan fingerprint density at radius 2 is 1.86 bits per heavy atom. The van der Waals surface area contributed by atoms with E-state index >= 15 is 0 Å². The number of thiophene rings is 1. The van der Waals surface area contributed by atoms with E-state index in [1.807, 2.05) is 52.3 Å². The molecule has 0 radical (unpaired) electrons. The van der Waals surface area contributed by atoms with Gasteiger partial charge in [0.05, 0.1) is 12.6 Å². The van der Waals surface area contributed by atoms with Crippen LogP contribution in [0.25, 0.3) is 0 Å². The lowest BCUT2D eigenvalue weighted by atomic mass is 9.92. The van der Waals surface area contributed by atoms with Gasteiger partial charge in [0.25, 0.3) is 5.91 Å². The number of fused-ring (bicyclic) bond motifs is 1. The van der Waals surface area contributed by atoms with Gasteiger partial charge in [-0.3, -0.25) is 14.5 Å². The summed E-state index contributed by atoms with van der Waals surface area (Å²) in [5, 5.41) is 2.17. The van der Waals surface area contributed by atoms with Crippen molar-refractivity contribution in [2.75, 3.05) is 32.7 Å². The first-order chi connectivity index (χ1) is 16.9. The number of hydrogen-bond donors (Lipinski definition) is 0. The maximum atomic E-state index is 13.5. The van der Waals surface area contributed by atoms with Crippen LogP contribution in [0.15, 0.2) is 64.5 Å². The van der Waals surface area contributed by atoms with Crippen LogP contribution in [0.5, 0.6) is 0 Å². The molecule has 3 aromatic rings. The zero-order valence-corrected chi connectivity index (χ0v) is 22.5. The van der Waals surface area contributed by atoms with Gasteiger partial charge in [-0.15, -0.1) is 11.3 Å². The summed E-state index contributed by atoms with van der Waals surface area (Å²) < 4.78 is 0.892. The molecule has 5 rings (SSSR count). The highest BCUT2D eigenvalue weighted by Crippen LogP contribution is 2.37. The zero-order chi connectivity index (χ0) is 24.5. The Kier molecular flexibility index (Phi) is 7.09. The molecular formula is C28H30BrN3O2S. The Balaban J connectivity index is 1.28. The molecule has 1 aromatic heterocycles. The van der Waals surface area contributed by atoms with Crippen molar-refractivity contribution in [3.05, 3.63) is 91.6 Å². The van der Waals surface area contributed by atoms with Crippen molar-refractivity contribution in [1.29, 1.82) is 0 Å². The summed E-state index contributed by atoms with van der Waals surface area (Å²) >= 11 is 5.27. The molecule has 35 heavy (non-hydrogen) atoms. The van der Waals surface area contributed by atoms with Crippen molar-refractivity contribution in [3.63, 3.8) is 0 Å². The molecule has 0 N–H and O–H groups in total. The summed E-state index contributed by atoms with van der Waals surface area (Å²) in [5.41, 5.74) is 4.48. The summed E-state index contributed by atoms with van der Waals surface area (Å²) in [4.78, 5) is 34.1. The van der Waals surface area contributed by atoms with Gasteiger partial charge in [-0.2, -0.15) is 0 Å². The number of hydrogen-bond acceptors (Lipinski definition) is 4. The lowest BCUT2D eigenvalue weighted by molar-refractivity contribution is -0.135. The van der Waals surface area contributed by atoms with Gasteiger partial charge in [-0.1, -0.05) is 51.8 Å². The molecule has 0 spiro atoms. The van der Waals surface area contributed by atoms with Crippen LogP contribution in [0, 0.1) is 6.92 Å². The number of rotatable bonds is 4. The second-order valence-electron chi connectivity index (χ2n) is 9.53. The third kappa shape index (κ3) is 5.08. The first-order valence-electron chi connectivity index (χ1n) is 12.1. The SMILES string of the molecule is Cc1ccc([C@@H]2c3ccsc3CCN2CC(=O)N2CCN(C(=O)c3cccc(Br)c3)[C@@H](C)C2)cc1. The van der Waals surface area contributed by atoms with Gasteiger partial charge in [-0.05, 0) is 61.0 Å². The van der Waals surface area contributed by atoms with Crippen molar-refractivity contribution < 1.29 is 9.59 Å². The van der Waals surface area contributed by atoms with E-state index in [2.05, 4.69) is 63.5 Å². The first kappa shape index (κ1) is 24.2. The molecule has 3 heterocycles. The Morgan fingerprint density at radius 3 is 2.60 bits per heavy atom. The van der Waals surface area contributed by atoms with Crippen LogP contribution in [0.3, 0.4) is 0 Å². The highest BCUT2D eigenvalue weighted by molar-refractivity contribution is 9.10. The molecule has 0 aliphatic carbocycles. The normalized spacial score (nSPS) is 20.5. The maximum absolute atomic E-state index is 13.5. The van der Waals surface area contributed by atoms with Gasteiger partial charge in [0.2, 0.25) is 5.91 Å². The van der Waals surface area contributed by atoms with Crippen LogP contribution in [0.2, 0.25) is 0 Å². The van der Waals surface area contributed by atoms with E-state index in [9.17, 15) is 9.59 Å². The number of carbonyl (C=O) groups is 2. The predicted octanol–water partition coefficient (Wildman–Crippen LogP) is 5.14. The number of carbonyl (C=O) groups excluding carboxylic acids is 2. The molecule has 0 unspecified atom stereocenters. The second-order valence-corrected chi connectivity index (χ2v) is 11.4. The van der Waals surface area contributed by atoms with Gasteiger partial charge < -0.3 is 9.80 Å². The molecule has 2 aliphatic rings. The van der Waals surface area contributed by atoms with E-state index in [4.69, 9.17) is 0 Å². The van der Waals surface area contributed by atoms with E-state index in [0.717, 1.165) is 17.4 Å². The monoisotopic (exact) mass is 551 g/mol. The van der Waals surface area contributed by atoms with Crippen LogP contribution in [0.1, 0.15) is 44.9 Å². The molecule has 7 heteroatoms. The first-order valence-corrected chi connectivity index (χ1v) is 13.8. The van der Waals surface area contributed by atoms with Crippen molar-refractivity contribution >= 4 is 39.1 Å². The van der Waals surface area contributed by atoms with Crippen molar-refractivity contribution in [3.8, 4) is 0 Å². The molecule has 5 nitrogen and oxygen atoms in total. The summed E-state index contributed by atoms with van der Waals surface area (Å²) in [6, 6.07) is 18.5. The Morgan fingerprint density at radius 1 is 1.06 bits per heavy atom. The Hall–Kier alpha value is -2.48. The number of amides is 2. The van der Waals surface area contributed by atoms with Crippen molar-refractivity contribution in [2.24, 2.45) is 0 Å². The third-order valence-corrected chi connectivity index (χ3v) is 8.60. The minimum Gasteiger partial charge on any atom is -0.338 e. The number of nitrogens with zero attached hydrogens (tertiary/aromatic N) is 3. The lowest BCUT2D eigenvalue weighted by Gasteiger charge is -2.42. The predicted molar refractivity (Wildman–Crippen MR) is 144 cm³/mol. The standard InChI is InChI=1S/C28H30BrN3O2S/c1-19-6-8-21(9-7-19)27-24-11-15-35-25(24)10-12-31(27)18-26(33)30-13-14-32(20(2)17-30)28(34)22-4-3-5-23(29)16-22/h3-9,11,15-16,20,27H,10,12-14,17-18H2,1-2H3/t20-,27+/m0/s1. The number of benzene rings is 2. The van der Waals surface area contributed by atoms with Gasteiger partial charge in [0.15, 0.2) is 0 Å². The van der Waals surface area contributed by atoms with Crippen LogP contribution in [-0.2, 0) is 11.2 Å².